The van der Waals surface area contributed by atoms with Crippen LogP contribution in [0.1, 0.15) is 12.5 Å². The minimum atomic E-state index is -0.393. The molecule has 3 aromatic carbocycles. The fourth-order valence-corrected chi connectivity index (χ4v) is 2.38. The van der Waals surface area contributed by atoms with Crippen LogP contribution in [0.15, 0.2) is 78.9 Å². The van der Waals surface area contributed by atoms with Gasteiger partial charge in [-0.1, -0.05) is 55.1 Å². The van der Waals surface area contributed by atoms with E-state index in [2.05, 4.69) is 18.7 Å². The second-order valence-corrected chi connectivity index (χ2v) is 5.58. The van der Waals surface area contributed by atoms with E-state index in [0.29, 0.717) is 11.3 Å². The van der Waals surface area contributed by atoms with Crippen molar-refractivity contribution >= 4 is 16.7 Å². The van der Waals surface area contributed by atoms with Gasteiger partial charge in [0.25, 0.3) is 0 Å². The molecule has 0 bridgehead atoms. The van der Waals surface area contributed by atoms with Crippen LogP contribution in [0.25, 0.3) is 10.8 Å². The lowest BCUT2D eigenvalue weighted by atomic mass is 10.1. The third kappa shape index (κ3) is 3.63. The molecule has 0 atom stereocenters. The van der Waals surface area contributed by atoms with E-state index in [1.165, 1.54) is 0 Å². The van der Waals surface area contributed by atoms with Crippen LogP contribution >= 0.6 is 0 Å². The van der Waals surface area contributed by atoms with Gasteiger partial charge in [0.05, 0.1) is 0 Å². The quantitative estimate of drug-likeness (QED) is 0.476. The SMILES string of the molecule is C=C(C)C(=O)OCc1cccc(Oc2cccc3ccccc23)c1. The summed E-state index contributed by atoms with van der Waals surface area (Å²) >= 11 is 0. The van der Waals surface area contributed by atoms with Crippen molar-refractivity contribution in [2.45, 2.75) is 13.5 Å². The van der Waals surface area contributed by atoms with Crippen molar-refractivity contribution in [3.05, 3.63) is 84.4 Å². The third-order valence-corrected chi connectivity index (χ3v) is 3.59. The van der Waals surface area contributed by atoms with Gasteiger partial charge in [0.15, 0.2) is 0 Å². The first-order valence-electron chi connectivity index (χ1n) is 7.71. The van der Waals surface area contributed by atoms with Crippen LogP contribution < -0.4 is 4.74 Å². The van der Waals surface area contributed by atoms with Gasteiger partial charge in [-0.15, -0.1) is 0 Å². The Bertz CT molecular complexity index is 891. The second-order valence-electron chi connectivity index (χ2n) is 5.58. The first-order valence-corrected chi connectivity index (χ1v) is 7.71. The molecule has 3 heteroatoms. The predicted molar refractivity (Wildman–Crippen MR) is 95.1 cm³/mol. The summed E-state index contributed by atoms with van der Waals surface area (Å²) < 4.78 is 11.2. The van der Waals surface area contributed by atoms with Crippen molar-refractivity contribution in [3.8, 4) is 11.5 Å². The third-order valence-electron chi connectivity index (χ3n) is 3.59. The molecule has 0 heterocycles. The Morgan fingerprint density at radius 2 is 1.75 bits per heavy atom. The zero-order chi connectivity index (χ0) is 16.9. The van der Waals surface area contributed by atoms with E-state index >= 15 is 0 Å². The molecule has 3 rings (SSSR count). The summed E-state index contributed by atoms with van der Waals surface area (Å²) in [6, 6.07) is 21.6. The first-order chi connectivity index (χ1) is 11.6. The van der Waals surface area contributed by atoms with Crippen LogP contribution in [-0.2, 0) is 16.1 Å². The highest BCUT2D eigenvalue weighted by Gasteiger charge is 2.06. The minimum Gasteiger partial charge on any atom is -0.457 e. The molecule has 0 radical (unpaired) electrons. The molecular weight excluding hydrogens is 300 g/mol. The van der Waals surface area contributed by atoms with Crippen molar-refractivity contribution in [1.29, 1.82) is 0 Å². The molecule has 24 heavy (non-hydrogen) atoms. The molecule has 3 nitrogen and oxygen atoms in total. The van der Waals surface area contributed by atoms with E-state index in [9.17, 15) is 4.79 Å². The minimum absolute atomic E-state index is 0.193. The van der Waals surface area contributed by atoms with E-state index in [4.69, 9.17) is 9.47 Å². The summed E-state index contributed by atoms with van der Waals surface area (Å²) in [6.07, 6.45) is 0. The van der Waals surface area contributed by atoms with Gasteiger partial charge in [0.1, 0.15) is 18.1 Å². The average molecular weight is 318 g/mol. The largest absolute Gasteiger partial charge is 0.457 e. The molecule has 3 aromatic rings. The Labute approximate surface area is 141 Å². The predicted octanol–water partition coefficient (Wildman–Crippen LogP) is 5.25. The molecule has 0 amide bonds. The normalized spacial score (nSPS) is 10.4. The summed E-state index contributed by atoms with van der Waals surface area (Å²) in [5.74, 6) is 1.11. The zero-order valence-corrected chi connectivity index (χ0v) is 13.5. The Morgan fingerprint density at radius 3 is 2.58 bits per heavy atom. The van der Waals surface area contributed by atoms with Crippen LogP contribution in [-0.4, -0.2) is 5.97 Å². The zero-order valence-electron chi connectivity index (χ0n) is 13.5. The molecule has 0 aliphatic carbocycles. The average Bonchev–Trinajstić information content (AvgIpc) is 2.60. The number of rotatable bonds is 5. The maximum Gasteiger partial charge on any atom is 0.333 e. The Hall–Kier alpha value is -3.07. The van der Waals surface area contributed by atoms with Crippen molar-refractivity contribution in [1.82, 2.24) is 0 Å². The van der Waals surface area contributed by atoms with E-state index in [0.717, 1.165) is 22.1 Å². The number of esters is 1. The maximum atomic E-state index is 11.5. The summed E-state index contributed by atoms with van der Waals surface area (Å²) in [5.41, 5.74) is 1.25. The van der Waals surface area contributed by atoms with Crippen molar-refractivity contribution in [2.24, 2.45) is 0 Å². The number of hydrogen-bond donors (Lipinski definition) is 0. The highest BCUT2D eigenvalue weighted by molar-refractivity contribution is 5.88. The van der Waals surface area contributed by atoms with E-state index in [1.54, 1.807) is 6.92 Å². The monoisotopic (exact) mass is 318 g/mol. The summed E-state index contributed by atoms with van der Waals surface area (Å²) in [4.78, 5) is 11.5. The fraction of sp³-hybridized carbons (Fsp3) is 0.0952. The van der Waals surface area contributed by atoms with Crippen LogP contribution in [0.3, 0.4) is 0 Å². The maximum absolute atomic E-state index is 11.5. The van der Waals surface area contributed by atoms with E-state index in [1.807, 2.05) is 54.6 Å². The van der Waals surface area contributed by atoms with Gasteiger partial charge in [-0.25, -0.2) is 4.79 Å². The first kappa shape index (κ1) is 15.8. The number of carbonyl (C=O) groups is 1. The molecule has 0 aliphatic rings. The van der Waals surface area contributed by atoms with Gasteiger partial charge in [-0.3, -0.25) is 0 Å². The van der Waals surface area contributed by atoms with Crippen LogP contribution in [0, 0.1) is 0 Å². The van der Waals surface area contributed by atoms with Crippen molar-refractivity contribution in [2.75, 3.05) is 0 Å². The van der Waals surface area contributed by atoms with Gasteiger partial charge in [0.2, 0.25) is 0 Å². The van der Waals surface area contributed by atoms with E-state index in [-0.39, 0.29) is 6.61 Å². The molecule has 0 aliphatic heterocycles. The molecular formula is C21H18O3. The van der Waals surface area contributed by atoms with Gasteiger partial charge in [-0.2, -0.15) is 0 Å². The highest BCUT2D eigenvalue weighted by Crippen LogP contribution is 2.30. The summed E-state index contributed by atoms with van der Waals surface area (Å²) in [6.45, 7) is 5.39. The lowest BCUT2D eigenvalue weighted by Crippen LogP contribution is -2.04. The Kier molecular flexibility index (Phi) is 4.62. The van der Waals surface area contributed by atoms with Gasteiger partial charge >= 0.3 is 5.97 Å². The van der Waals surface area contributed by atoms with Gasteiger partial charge < -0.3 is 9.47 Å². The number of fused-ring (bicyclic) bond motifs is 1. The van der Waals surface area contributed by atoms with Crippen LogP contribution in [0.5, 0.6) is 11.5 Å². The van der Waals surface area contributed by atoms with Crippen molar-refractivity contribution < 1.29 is 14.3 Å². The van der Waals surface area contributed by atoms with Gasteiger partial charge in [-0.05, 0) is 36.1 Å². The number of benzene rings is 3. The highest BCUT2D eigenvalue weighted by atomic mass is 16.5. The number of hydrogen-bond acceptors (Lipinski definition) is 3. The molecule has 0 N–H and O–H groups in total. The second kappa shape index (κ2) is 7.01. The standard InChI is InChI=1S/C21H18O3/c1-15(2)21(22)23-14-16-7-5-10-18(13-16)24-20-12-6-9-17-8-3-4-11-19(17)20/h3-13H,1,14H2,2H3. The molecule has 0 spiro atoms. The summed E-state index contributed by atoms with van der Waals surface area (Å²) in [5, 5.41) is 2.18. The lowest BCUT2D eigenvalue weighted by molar-refractivity contribution is -0.140. The van der Waals surface area contributed by atoms with Gasteiger partial charge in [0, 0.05) is 11.0 Å². The molecule has 120 valence electrons. The Morgan fingerprint density at radius 1 is 1.00 bits per heavy atom. The van der Waals surface area contributed by atoms with Crippen LogP contribution in [0.4, 0.5) is 0 Å². The molecule has 0 aromatic heterocycles. The smallest absolute Gasteiger partial charge is 0.333 e. The fourth-order valence-electron chi connectivity index (χ4n) is 2.38. The summed E-state index contributed by atoms with van der Waals surface area (Å²) in [7, 11) is 0. The molecule has 0 fully saturated rings. The number of carbonyl (C=O) groups excluding carboxylic acids is 1. The molecule has 0 saturated heterocycles. The van der Waals surface area contributed by atoms with Crippen LogP contribution in [0.2, 0.25) is 0 Å². The topological polar surface area (TPSA) is 35.5 Å². The number of ether oxygens (including phenoxy) is 2. The molecule has 0 saturated carbocycles. The van der Waals surface area contributed by atoms with E-state index < -0.39 is 5.97 Å². The Balaban J connectivity index is 1.79. The molecule has 0 unspecified atom stereocenters. The lowest BCUT2D eigenvalue weighted by Gasteiger charge is -2.10. The van der Waals surface area contributed by atoms with Crippen molar-refractivity contribution in [3.63, 3.8) is 0 Å².